The number of ether oxygens (including phenoxy) is 3. The maximum atomic E-state index is 11.1. The summed E-state index contributed by atoms with van der Waals surface area (Å²) in [6.45, 7) is 2.33. The first-order valence-electron chi connectivity index (χ1n) is 5.25. The summed E-state index contributed by atoms with van der Waals surface area (Å²) in [4.78, 5) is 11.1. The summed E-state index contributed by atoms with van der Waals surface area (Å²) in [5.74, 6) is 0.354. The second-order valence-corrected chi connectivity index (χ2v) is 3.41. The number of carbonyl (C=O) groups excluding carboxylic acids is 1. The minimum atomic E-state index is -1.13. The lowest BCUT2D eigenvalue weighted by molar-refractivity contribution is -0.142. The van der Waals surface area contributed by atoms with Gasteiger partial charge in [0.25, 0.3) is 0 Å². The van der Waals surface area contributed by atoms with Gasteiger partial charge in [-0.2, -0.15) is 0 Å². The van der Waals surface area contributed by atoms with Crippen LogP contribution in [0.1, 0.15) is 6.92 Å². The van der Waals surface area contributed by atoms with Gasteiger partial charge in [-0.05, 0) is 31.2 Å². The Bertz CT molecular complexity index is 344. The van der Waals surface area contributed by atoms with Gasteiger partial charge in [-0.25, -0.2) is 4.79 Å². The SMILES string of the molecule is COCCOc1ccc(OC(=O)C(C)O)cc1. The average molecular weight is 240 g/mol. The normalized spacial score (nSPS) is 11.9. The fourth-order valence-corrected chi connectivity index (χ4v) is 1.05. The van der Waals surface area contributed by atoms with E-state index < -0.39 is 12.1 Å². The van der Waals surface area contributed by atoms with Crippen LogP contribution in [0.15, 0.2) is 24.3 Å². The highest BCUT2D eigenvalue weighted by atomic mass is 16.5. The third kappa shape index (κ3) is 4.84. The van der Waals surface area contributed by atoms with E-state index in [4.69, 9.17) is 19.3 Å². The van der Waals surface area contributed by atoms with Crippen molar-refractivity contribution < 1.29 is 24.1 Å². The highest BCUT2D eigenvalue weighted by Crippen LogP contribution is 2.17. The Morgan fingerprint density at radius 1 is 1.24 bits per heavy atom. The van der Waals surface area contributed by atoms with Crippen molar-refractivity contribution >= 4 is 5.97 Å². The summed E-state index contributed by atoms with van der Waals surface area (Å²) in [6, 6.07) is 6.56. The van der Waals surface area contributed by atoms with Crippen LogP contribution in [-0.4, -0.2) is 37.5 Å². The lowest BCUT2D eigenvalue weighted by Crippen LogP contribution is -2.22. The van der Waals surface area contributed by atoms with Crippen molar-refractivity contribution in [1.82, 2.24) is 0 Å². The number of benzene rings is 1. The summed E-state index contributed by atoms with van der Waals surface area (Å²) in [7, 11) is 1.60. The highest BCUT2D eigenvalue weighted by Gasteiger charge is 2.11. The quantitative estimate of drug-likeness (QED) is 0.456. The van der Waals surface area contributed by atoms with E-state index in [2.05, 4.69) is 0 Å². The van der Waals surface area contributed by atoms with E-state index >= 15 is 0 Å². The highest BCUT2D eigenvalue weighted by molar-refractivity contribution is 5.76. The Hall–Kier alpha value is -1.59. The van der Waals surface area contributed by atoms with Crippen LogP contribution in [0.2, 0.25) is 0 Å². The van der Waals surface area contributed by atoms with E-state index in [0.29, 0.717) is 24.7 Å². The number of aliphatic hydroxyl groups excluding tert-OH is 1. The first-order chi connectivity index (χ1) is 8.13. The van der Waals surface area contributed by atoms with Gasteiger partial charge in [0, 0.05) is 7.11 Å². The molecule has 1 unspecified atom stereocenters. The third-order valence-electron chi connectivity index (χ3n) is 1.94. The van der Waals surface area contributed by atoms with Crippen LogP contribution in [0, 0.1) is 0 Å². The topological polar surface area (TPSA) is 65.0 Å². The average Bonchev–Trinajstić information content (AvgIpc) is 2.31. The van der Waals surface area contributed by atoms with Gasteiger partial charge in [-0.15, -0.1) is 0 Å². The summed E-state index contributed by atoms with van der Waals surface area (Å²) >= 11 is 0. The van der Waals surface area contributed by atoms with E-state index in [0.717, 1.165) is 0 Å². The second kappa shape index (κ2) is 6.88. The van der Waals surface area contributed by atoms with Crippen molar-refractivity contribution in [3.05, 3.63) is 24.3 Å². The molecule has 5 heteroatoms. The molecule has 0 aliphatic rings. The monoisotopic (exact) mass is 240 g/mol. The maximum absolute atomic E-state index is 11.1. The molecular formula is C12H16O5. The van der Waals surface area contributed by atoms with E-state index in [9.17, 15) is 4.79 Å². The Kier molecular flexibility index (Phi) is 5.45. The molecule has 0 bridgehead atoms. The van der Waals surface area contributed by atoms with Gasteiger partial charge in [0.15, 0.2) is 0 Å². The number of aliphatic hydroxyl groups is 1. The minimum Gasteiger partial charge on any atom is -0.491 e. The standard InChI is InChI=1S/C12H16O5/c1-9(13)12(14)17-11-5-3-10(4-6-11)16-8-7-15-2/h3-6,9,13H,7-8H2,1-2H3. The van der Waals surface area contributed by atoms with Gasteiger partial charge in [0.2, 0.25) is 0 Å². The minimum absolute atomic E-state index is 0.370. The Morgan fingerprint density at radius 2 is 1.82 bits per heavy atom. The Labute approximate surface area is 99.9 Å². The Balaban J connectivity index is 2.47. The van der Waals surface area contributed by atoms with Crippen LogP contribution in [-0.2, 0) is 9.53 Å². The summed E-state index contributed by atoms with van der Waals surface area (Å²) in [6.07, 6.45) is -1.13. The van der Waals surface area contributed by atoms with E-state index in [1.807, 2.05) is 0 Å². The molecule has 1 aromatic carbocycles. The van der Waals surface area contributed by atoms with Gasteiger partial charge in [0.1, 0.15) is 24.2 Å². The molecule has 0 aliphatic heterocycles. The van der Waals surface area contributed by atoms with E-state index in [-0.39, 0.29) is 0 Å². The van der Waals surface area contributed by atoms with Gasteiger partial charge in [-0.3, -0.25) is 0 Å². The zero-order valence-corrected chi connectivity index (χ0v) is 9.88. The van der Waals surface area contributed by atoms with Crippen LogP contribution >= 0.6 is 0 Å². The number of carbonyl (C=O) groups is 1. The van der Waals surface area contributed by atoms with E-state index in [1.165, 1.54) is 6.92 Å². The number of hydrogen-bond donors (Lipinski definition) is 1. The van der Waals surface area contributed by atoms with E-state index in [1.54, 1.807) is 31.4 Å². The summed E-state index contributed by atoms with van der Waals surface area (Å²) in [5, 5.41) is 8.97. The van der Waals surface area contributed by atoms with Crippen molar-refractivity contribution in [3.8, 4) is 11.5 Å². The van der Waals surface area contributed by atoms with Gasteiger partial charge in [0.05, 0.1) is 6.61 Å². The number of rotatable bonds is 6. The van der Waals surface area contributed by atoms with Gasteiger partial charge >= 0.3 is 5.97 Å². The van der Waals surface area contributed by atoms with Crippen LogP contribution < -0.4 is 9.47 Å². The first kappa shape index (κ1) is 13.5. The molecule has 17 heavy (non-hydrogen) atoms. The molecular weight excluding hydrogens is 224 g/mol. The second-order valence-electron chi connectivity index (χ2n) is 3.41. The molecule has 0 amide bonds. The molecule has 1 rings (SSSR count). The van der Waals surface area contributed by atoms with Crippen molar-refractivity contribution in [2.75, 3.05) is 20.3 Å². The molecule has 0 fully saturated rings. The van der Waals surface area contributed by atoms with Crippen molar-refractivity contribution in [1.29, 1.82) is 0 Å². The molecule has 1 aromatic rings. The van der Waals surface area contributed by atoms with Crippen LogP contribution in [0.3, 0.4) is 0 Å². The fraction of sp³-hybridized carbons (Fsp3) is 0.417. The molecule has 0 aliphatic carbocycles. The number of methoxy groups -OCH3 is 1. The van der Waals surface area contributed by atoms with Crippen LogP contribution in [0.5, 0.6) is 11.5 Å². The fourth-order valence-electron chi connectivity index (χ4n) is 1.05. The molecule has 5 nitrogen and oxygen atoms in total. The van der Waals surface area contributed by atoms with Crippen LogP contribution in [0.4, 0.5) is 0 Å². The molecule has 0 radical (unpaired) electrons. The van der Waals surface area contributed by atoms with Crippen molar-refractivity contribution in [2.45, 2.75) is 13.0 Å². The first-order valence-corrected chi connectivity index (χ1v) is 5.25. The molecule has 94 valence electrons. The van der Waals surface area contributed by atoms with Gasteiger partial charge in [-0.1, -0.05) is 0 Å². The summed E-state index contributed by atoms with van der Waals surface area (Å²) in [5.41, 5.74) is 0. The maximum Gasteiger partial charge on any atom is 0.340 e. The lowest BCUT2D eigenvalue weighted by Gasteiger charge is -2.08. The molecule has 0 saturated heterocycles. The van der Waals surface area contributed by atoms with Crippen molar-refractivity contribution in [3.63, 3.8) is 0 Å². The molecule has 1 N–H and O–H groups in total. The molecule has 1 atom stereocenters. The molecule has 0 heterocycles. The zero-order valence-electron chi connectivity index (χ0n) is 9.88. The number of esters is 1. The molecule has 0 spiro atoms. The summed E-state index contributed by atoms with van der Waals surface area (Å²) < 4.78 is 15.1. The third-order valence-corrected chi connectivity index (χ3v) is 1.94. The predicted octanol–water partition coefficient (Wildman–Crippen LogP) is 0.998. The number of hydrogen-bond acceptors (Lipinski definition) is 5. The molecule has 0 saturated carbocycles. The molecule has 0 aromatic heterocycles. The van der Waals surface area contributed by atoms with Crippen LogP contribution in [0.25, 0.3) is 0 Å². The van der Waals surface area contributed by atoms with Crippen molar-refractivity contribution in [2.24, 2.45) is 0 Å². The zero-order chi connectivity index (χ0) is 12.7. The Morgan fingerprint density at radius 3 is 2.35 bits per heavy atom. The van der Waals surface area contributed by atoms with Gasteiger partial charge < -0.3 is 19.3 Å². The lowest BCUT2D eigenvalue weighted by atomic mass is 10.3. The predicted molar refractivity (Wildman–Crippen MR) is 61.1 cm³/mol. The smallest absolute Gasteiger partial charge is 0.340 e. The largest absolute Gasteiger partial charge is 0.491 e.